The van der Waals surface area contributed by atoms with Crippen LogP contribution < -0.4 is 10.1 Å². The predicted molar refractivity (Wildman–Crippen MR) is 105 cm³/mol. The van der Waals surface area contributed by atoms with Crippen LogP contribution in [-0.2, 0) is 0 Å². The summed E-state index contributed by atoms with van der Waals surface area (Å²) in [5.74, 6) is -0.607. The SMILES string of the molecule is COc1cc(/C=C/c2ccccc2)c(C(=O)O)c(O)c1NCCC(C)C. The topological polar surface area (TPSA) is 78.8 Å². The van der Waals surface area contributed by atoms with Gasteiger partial charge in [-0.2, -0.15) is 0 Å². The van der Waals surface area contributed by atoms with E-state index >= 15 is 0 Å². The molecule has 5 heteroatoms. The van der Waals surface area contributed by atoms with E-state index in [2.05, 4.69) is 19.2 Å². The molecule has 0 aromatic heterocycles. The van der Waals surface area contributed by atoms with E-state index in [0.29, 0.717) is 29.5 Å². The summed E-state index contributed by atoms with van der Waals surface area (Å²) in [6.45, 7) is 4.80. The van der Waals surface area contributed by atoms with Crippen molar-refractivity contribution in [3.05, 3.63) is 53.1 Å². The Kier molecular flexibility index (Phi) is 6.67. The summed E-state index contributed by atoms with van der Waals surface area (Å²) in [6, 6.07) is 11.2. The zero-order valence-corrected chi connectivity index (χ0v) is 15.3. The zero-order valence-electron chi connectivity index (χ0n) is 15.3. The monoisotopic (exact) mass is 355 g/mol. The van der Waals surface area contributed by atoms with Crippen molar-refractivity contribution >= 4 is 23.8 Å². The van der Waals surface area contributed by atoms with Gasteiger partial charge in [0.25, 0.3) is 0 Å². The summed E-state index contributed by atoms with van der Waals surface area (Å²) >= 11 is 0. The van der Waals surface area contributed by atoms with E-state index in [1.165, 1.54) is 7.11 Å². The molecule has 2 rings (SSSR count). The Balaban J connectivity index is 2.43. The smallest absolute Gasteiger partial charge is 0.340 e. The molecule has 0 fully saturated rings. The van der Waals surface area contributed by atoms with Crippen LogP contribution in [-0.4, -0.2) is 29.8 Å². The highest BCUT2D eigenvalue weighted by Crippen LogP contribution is 2.40. The third-order valence-corrected chi connectivity index (χ3v) is 4.01. The number of nitrogens with one attached hydrogen (secondary N) is 1. The molecular weight excluding hydrogens is 330 g/mol. The van der Waals surface area contributed by atoms with E-state index < -0.39 is 5.97 Å². The number of carboxylic acid groups (broad SMARTS) is 1. The molecular formula is C21H25NO4. The normalized spacial score (nSPS) is 11.1. The number of hydrogen-bond acceptors (Lipinski definition) is 4. The zero-order chi connectivity index (χ0) is 19.1. The first kappa shape index (κ1) is 19.4. The summed E-state index contributed by atoms with van der Waals surface area (Å²) in [6.07, 6.45) is 4.35. The molecule has 0 saturated heterocycles. The quantitative estimate of drug-likeness (QED) is 0.471. The third kappa shape index (κ3) is 4.79. The van der Waals surface area contributed by atoms with Gasteiger partial charge in [0.05, 0.1) is 7.11 Å². The predicted octanol–water partition coefficient (Wildman–Crippen LogP) is 4.73. The van der Waals surface area contributed by atoms with E-state index in [0.717, 1.165) is 12.0 Å². The Morgan fingerprint density at radius 1 is 1.23 bits per heavy atom. The van der Waals surface area contributed by atoms with E-state index in [1.54, 1.807) is 18.2 Å². The van der Waals surface area contributed by atoms with Crippen LogP contribution in [0.15, 0.2) is 36.4 Å². The summed E-state index contributed by atoms with van der Waals surface area (Å²) < 4.78 is 5.36. The van der Waals surface area contributed by atoms with Crippen LogP contribution in [0.25, 0.3) is 12.2 Å². The summed E-state index contributed by atoms with van der Waals surface area (Å²) in [4.78, 5) is 11.7. The van der Waals surface area contributed by atoms with E-state index in [9.17, 15) is 15.0 Å². The van der Waals surface area contributed by atoms with Gasteiger partial charge in [-0.3, -0.25) is 0 Å². The fourth-order valence-electron chi connectivity index (χ4n) is 2.59. The van der Waals surface area contributed by atoms with Gasteiger partial charge < -0.3 is 20.3 Å². The molecule has 26 heavy (non-hydrogen) atoms. The standard InChI is InChI=1S/C21H25NO4/c1-14(2)11-12-22-19-17(26-3)13-16(18(20(19)23)21(24)25)10-9-15-7-5-4-6-8-15/h4-10,13-14,22-23H,11-12H2,1-3H3,(H,24,25)/b10-9+. The maximum atomic E-state index is 11.7. The van der Waals surface area contributed by atoms with Crippen LogP contribution in [0.5, 0.6) is 11.5 Å². The minimum Gasteiger partial charge on any atom is -0.505 e. The molecule has 0 aliphatic rings. The molecule has 0 amide bonds. The molecule has 2 aromatic carbocycles. The van der Waals surface area contributed by atoms with Crippen LogP contribution in [0, 0.1) is 5.92 Å². The van der Waals surface area contributed by atoms with E-state index in [-0.39, 0.29) is 11.3 Å². The number of hydrogen-bond donors (Lipinski definition) is 3. The number of aromatic hydroxyl groups is 1. The minimum absolute atomic E-state index is 0.148. The first-order valence-electron chi connectivity index (χ1n) is 8.58. The van der Waals surface area contributed by atoms with Crippen molar-refractivity contribution in [2.24, 2.45) is 5.92 Å². The van der Waals surface area contributed by atoms with Gasteiger partial charge in [0, 0.05) is 6.54 Å². The van der Waals surface area contributed by atoms with Crippen LogP contribution >= 0.6 is 0 Å². The molecule has 2 aromatic rings. The molecule has 0 heterocycles. The van der Waals surface area contributed by atoms with Gasteiger partial charge in [0.2, 0.25) is 0 Å². The Morgan fingerprint density at radius 3 is 2.50 bits per heavy atom. The lowest BCUT2D eigenvalue weighted by atomic mass is 10.0. The highest BCUT2D eigenvalue weighted by molar-refractivity contribution is 5.99. The average Bonchev–Trinajstić information content (AvgIpc) is 2.61. The lowest BCUT2D eigenvalue weighted by Crippen LogP contribution is -2.09. The number of carboxylic acids is 1. The van der Waals surface area contributed by atoms with Gasteiger partial charge in [0.15, 0.2) is 5.75 Å². The van der Waals surface area contributed by atoms with Gasteiger partial charge >= 0.3 is 5.97 Å². The first-order chi connectivity index (χ1) is 12.4. The Bertz CT molecular complexity index is 782. The summed E-state index contributed by atoms with van der Waals surface area (Å²) in [5, 5.41) is 23.2. The highest BCUT2D eigenvalue weighted by atomic mass is 16.5. The van der Waals surface area contributed by atoms with Crippen molar-refractivity contribution in [3.63, 3.8) is 0 Å². The van der Waals surface area contributed by atoms with E-state index in [1.807, 2.05) is 30.3 Å². The van der Waals surface area contributed by atoms with Gasteiger partial charge in [-0.15, -0.1) is 0 Å². The Morgan fingerprint density at radius 2 is 1.92 bits per heavy atom. The number of phenols is 1. The van der Waals surface area contributed by atoms with Crippen LogP contribution in [0.4, 0.5) is 5.69 Å². The molecule has 0 aliphatic heterocycles. The van der Waals surface area contributed by atoms with Crippen LogP contribution in [0.3, 0.4) is 0 Å². The first-order valence-corrected chi connectivity index (χ1v) is 8.58. The molecule has 0 radical (unpaired) electrons. The molecule has 5 nitrogen and oxygen atoms in total. The Labute approximate surface area is 153 Å². The van der Waals surface area contributed by atoms with Crippen LogP contribution in [0.2, 0.25) is 0 Å². The maximum Gasteiger partial charge on any atom is 0.340 e. The van der Waals surface area contributed by atoms with Crippen LogP contribution in [0.1, 0.15) is 41.8 Å². The fourth-order valence-corrected chi connectivity index (χ4v) is 2.59. The number of benzene rings is 2. The van der Waals surface area contributed by atoms with Gasteiger partial charge in [-0.05, 0) is 29.5 Å². The van der Waals surface area contributed by atoms with Crippen molar-refractivity contribution in [3.8, 4) is 11.5 Å². The molecule has 3 N–H and O–H groups in total. The molecule has 0 unspecified atom stereocenters. The average molecular weight is 355 g/mol. The van der Waals surface area contributed by atoms with Crippen molar-refractivity contribution in [1.29, 1.82) is 0 Å². The lowest BCUT2D eigenvalue weighted by molar-refractivity contribution is 0.0693. The molecule has 0 spiro atoms. The largest absolute Gasteiger partial charge is 0.505 e. The van der Waals surface area contributed by atoms with Gasteiger partial charge in [0.1, 0.15) is 17.0 Å². The van der Waals surface area contributed by atoms with E-state index in [4.69, 9.17) is 4.74 Å². The number of aromatic carboxylic acids is 1. The summed E-state index contributed by atoms with van der Waals surface area (Å²) in [7, 11) is 1.49. The second kappa shape index (κ2) is 8.94. The lowest BCUT2D eigenvalue weighted by Gasteiger charge is -2.17. The maximum absolute atomic E-state index is 11.7. The fraction of sp³-hybridized carbons (Fsp3) is 0.286. The summed E-state index contributed by atoms with van der Waals surface area (Å²) in [5.41, 5.74) is 1.47. The number of methoxy groups -OCH3 is 1. The molecule has 0 aliphatic carbocycles. The van der Waals surface area contributed by atoms with Crippen molar-refractivity contribution < 1.29 is 19.7 Å². The molecule has 0 atom stereocenters. The Hall–Kier alpha value is -2.95. The third-order valence-electron chi connectivity index (χ3n) is 4.01. The van der Waals surface area contributed by atoms with Crippen molar-refractivity contribution in [2.45, 2.75) is 20.3 Å². The highest BCUT2D eigenvalue weighted by Gasteiger charge is 2.22. The van der Waals surface area contributed by atoms with Crippen molar-refractivity contribution in [2.75, 3.05) is 19.0 Å². The molecule has 0 bridgehead atoms. The second-order valence-electron chi connectivity index (χ2n) is 6.43. The number of rotatable bonds is 8. The van der Waals surface area contributed by atoms with Gasteiger partial charge in [-0.25, -0.2) is 4.79 Å². The second-order valence-corrected chi connectivity index (χ2v) is 6.43. The minimum atomic E-state index is -1.19. The molecule has 0 saturated carbocycles. The number of ether oxygens (including phenoxy) is 1. The van der Waals surface area contributed by atoms with Crippen molar-refractivity contribution in [1.82, 2.24) is 0 Å². The number of anilines is 1. The van der Waals surface area contributed by atoms with Gasteiger partial charge in [-0.1, -0.05) is 56.3 Å². The molecule has 138 valence electrons. The number of carbonyl (C=O) groups is 1.